The molecule has 7 heteroatoms. The van der Waals surface area contributed by atoms with Crippen LogP contribution in [0.15, 0.2) is 47.5 Å². The van der Waals surface area contributed by atoms with Crippen molar-refractivity contribution >= 4 is 16.0 Å². The number of carboxylic acids is 1. The van der Waals surface area contributed by atoms with Gasteiger partial charge in [0.25, 0.3) is 0 Å². The van der Waals surface area contributed by atoms with Crippen molar-refractivity contribution in [1.82, 2.24) is 9.29 Å². The second-order valence-corrected chi connectivity index (χ2v) is 7.28. The van der Waals surface area contributed by atoms with Crippen LogP contribution >= 0.6 is 0 Å². The van der Waals surface area contributed by atoms with Crippen molar-refractivity contribution in [3.63, 3.8) is 0 Å². The van der Waals surface area contributed by atoms with Crippen molar-refractivity contribution in [2.75, 3.05) is 13.1 Å². The highest BCUT2D eigenvalue weighted by Gasteiger charge is 2.27. The molecule has 6 nitrogen and oxygen atoms in total. The number of carboxylic acid groups (broad SMARTS) is 1. The highest BCUT2D eigenvalue weighted by atomic mass is 32.2. The molecule has 0 aliphatic carbocycles. The van der Waals surface area contributed by atoms with Crippen LogP contribution in [0.25, 0.3) is 11.1 Å². The van der Waals surface area contributed by atoms with Gasteiger partial charge in [-0.2, -0.15) is 4.31 Å². The first kappa shape index (κ1) is 15.6. The highest BCUT2D eigenvalue weighted by molar-refractivity contribution is 7.89. The van der Waals surface area contributed by atoms with Crippen LogP contribution in [-0.4, -0.2) is 41.9 Å². The summed E-state index contributed by atoms with van der Waals surface area (Å²) in [5.41, 5.74) is 0.831. The minimum Gasteiger partial charge on any atom is -0.476 e. The highest BCUT2D eigenvalue weighted by Crippen LogP contribution is 2.27. The second kappa shape index (κ2) is 6.10. The van der Waals surface area contributed by atoms with Crippen molar-refractivity contribution in [3.05, 3.63) is 48.3 Å². The zero-order chi connectivity index (χ0) is 16.4. The summed E-state index contributed by atoms with van der Waals surface area (Å²) in [5, 5.41) is 9.24. The van der Waals surface area contributed by atoms with Gasteiger partial charge in [0.2, 0.25) is 10.0 Å². The lowest BCUT2D eigenvalue weighted by Crippen LogP contribution is -2.27. The Hall–Kier alpha value is -2.25. The van der Waals surface area contributed by atoms with E-state index in [0.29, 0.717) is 24.2 Å². The van der Waals surface area contributed by atoms with Gasteiger partial charge in [-0.3, -0.25) is 0 Å². The predicted octanol–water partition coefficient (Wildman–Crippen LogP) is 2.23. The molecule has 0 bridgehead atoms. The third-order valence-electron chi connectivity index (χ3n) is 3.86. The summed E-state index contributed by atoms with van der Waals surface area (Å²) >= 11 is 0. The average molecular weight is 332 g/mol. The first-order valence-corrected chi connectivity index (χ1v) is 8.73. The number of hydrogen-bond acceptors (Lipinski definition) is 4. The molecule has 0 amide bonds. The Kier molecular flexibility index (Phi) is 4.14. The maximum absolute atomic E-state index is 12.6. The van der Waals surface area contributed by atoms with Crippen LogP contribution in [0.1, 0.15) is 23.3 Å². The number of sulfonamides is 1. The van der Waals surface area contributed by atoms with Gasteiger partial charge in [-0.1, -0.05) is 18.2 Å². The van der Waals surface area contributed by atoms with Crippen molar-refractivity contribution in [2.45, 2.75) is 17.7 Å². The van der Waals surface area contributed by atoms with Crippen LogP contribution in [0, 0.1) is 0 Å². The quantitative estimate of drug-likeness (QED) is 0.927. The summed E-state index contributed by atoms with van der Waals surface area (Å²) in [6.45, 7) is 1.06. The van der Waals surface area contributed by atoms with Gasteiger partial charge in [0.1, 0.15) is 0 Å². The molecule has 3 rings (SSSR count). The Labute approximate surface area is 134 Å². The molecule has 0 atom stereocenters. The van der Waals surface area contributed by atoms with Gasteiger partial charge >= 0.3 is 5.97 Å². The van der Waals surface area contributed by atoms with Crippen molar-refractivity contribution in [2.24, 2.45) is 0 Å². The van der Waals surface area contributed by atoms with Gasteiger partial charge in [0.15, 0.2) is 5.69 Å². The maximum atomic E-state index is 12.6. The Balaban J connectivity index is 2.06. The molecule has 23 heavy (non-hydrogen) atoms. The third-order valence-corrected chi connectivity index (χ3v) is 5.75. The normalized spacial score (nSPS) is 15.7. The number of rotatable bonds is 4. The van der Waals surface area contributed by atoms with Gasteiger partial charge in [-0.25, -0.2) is 18.2 Å². The van der Waals surface area contributed by atoms with Crippen molar-refractivity contribution < 1.29 is 18.3 Å². The molecule has 0 radical (unpaired) electrons. The van der Waals surface area contributed by atoms with Gasteiger partial charge in [-0.15, -0.1) is 0 Å². The summed E-state index contributed by atoms with van der Waals surface area (Å²) < 4.78 is 26.7. The molecule has 1 fully saturated rings. The van der Waals surface area contributed by atoms with Crippen LogP contribution in [0.2, 0.25) is 0 Å². The lowest BCUT2D eigenvalue weighted by molar-refractivity contribution is 0.0691. The lowest BCUT2D eigenvalue weighted by Gasteiger charge is -2.16. The standard InChI is InChI=1S/C16H16N2O4S/c19-16(20)15-14(7-4-8-17-15)12-5-3-6-13(11-12)23(21,22)18-9-1-2-10-18/h3-8,11H,1-2,9-10H2,(H,19,20). The smallest absolute Gasteiger partial charge is 0.355 e. The van der Waals surface area contributed by atoms with Crippen LogP contribution in [0.5, 0.6) is 0 Å². The monoisotopic (exact) mass is 332 g/mol. The molecule has 1 aliphatic heterocycles. The Morgan fingerprint density at radius 1 is 1.13 bits per heavy atom. The predicted molar refractivity (Wildman–Crippen MR) is 84.6 cm³/mol. The van der Waals surface area contributed by atoms with Crippen LogP contribution in [-0.2, 0) is 10.0 Å². The fourth-order valence-corrected chi connectivity index (χ4v) is 4.27. The molecule has 0 spiro atoms. The molecule has 1 saturated heterocycles. The number of aromatic nitrogens is 1. The number of pyridine rings is 1. The molecule has 2 heterocycles. The summed E-state index contributed by atoms with van der Waals surface area (Å²) in [7, 11) is -3.54. The zero-order valence-corrected chi connectivity index (χ0v) is 13.2. The zero-order valence-electron chi connectivity index (χ0n) is 12.3. The van der Waals surface area contributed by atoms with E-state index >= 15 is 0 Å². The minimum absolute atomic E-state index is 0.0942. The van der Waals surface area contributed by atoms with Gasteiger partial charge < -0.3 is 5.11 Å². The van der Waals surface area contributed by atoms with Crippen LogP contribution in [0.3, 0.4) is 0 Å². The molecule has 120 valence electrons. The second-order valence-electron chi connectivity index (χ2n) is 5.34. The average Bonchev–Trinajstić information content (AvgIpc) is 3.10. The van der Waals surface area contributed by atoms with E-state index in [1.165, 1.54) is 22.6 Å². The van der Waals surface area contributed by atoms with E-state index in [9.17, 15) is 18.3 Å². The molecule has 1 aromatic carbocycles. The van der Waals surface area contributed by atoms with E-state index < -0.39 is 16.0 Å². The summed E-state index contributed by atoms with van der Waals surface area (Å²) in [6, 6.07) is 9.61. The Morgan fingerprint density at radius 3 is 2.57 bits per heavy atom. The molecule has 1 N–H and O–H groups in total. The number of carbonyl (C=O) groups is 1. The number of aromatic carboxylic acids is 1. The van der Waals surface area contributed by atoms with Crippen molar-refractivity contribution in [3.8, 4) is 11.1 Å². The van der Waals surface area contributed by atoms with E-state index in [2.05, 4.69) is 4.98 Å². The van der Waals surface area contributed by atoms with Crippen molar-refractivity contribution in [1.29, 1.82) is 0 Å². The molecule has 1 aliphatic rings. The SMILES string of the molecule is O=C(O)c1ncccc1-c1cccc(S(=O)(=O)N2CCCC2)c1. The van der Waals surface area contributed by atoms with E-state index in [1.807, 2.05) is 0 Å². The van der Waals surface area contributed by atoms with E-state index in [1.54, 1.807) is 24.3 Å². The van der Waals surface area contributed by atoms with Gasteiger partial charge in [0.05, 0.1) is 4.90 Å². The Bertz CT molecular complexity index is 843. The molecular formula is C16H16N2O4S. The summed E-state index contributed by atoms with van der Waals surface area (Å²) in [6.07, 6.45) is 3.13. The van der Waals surface area contributed by atoms with E-state index in [-0.39, 0.29) is 10.6 Å². The number of benzene rings is 1. The topological polar surface area (TPSA) is 87.6 Å². The van der Waals surface area contributed by atoms with Gasteiger partial charge in [0, 0.05) is 24.8 Å². The minimum atomic E-state index is -3.54. The summed E-state index contributed by atoms with van der Waals surface area (Å²) in [5.74, 6) is -1.14. The molecule has 0 saturated carbocycles. The molecular weight excluding hydrogens is 316 g/mol. The largest absolute Gasteiger partial charge is 0.476 e. The Morgan fingerprint density at radius 2 is 1.87 bits per heavy atom. The molecule has 0 unspecified atom stereocenters. The van der Waals surface area contributed by atoms with E-state index in [0.717, 1.165) is 12.8 Å². The third kappa shape index (κ3) is 2.97. The van der Waals surface area contributed by atoms with Crippen LogP contribution < -0.4 is 0 Å². The first-order valence-electron chi connectivity index (χ1n) is 7.29. The number of hydrogen-bond donors (Lipinski definition) is 1. The van der Waals surface area contributed by atoms with E-state index in [4.69, 9.17) is 0 Å². The first-order chi connectivity index (χ1) is 11.0. The summed E-state index contributed by atoms with van der Waals surface area (Å²) in [4.78, 5) is 15.3. The maximum Gasteiger partial charge on any atom is 0.355 e. The fourth-order valence-electron chi connectivity index (χ4n) is 2.71. The number of nitrogens with zero attached hydrogens (tertiary/aromatic N) is 2. The molecule has 2 aromatic rings. The van der Waals surface area contributed by atoms with Crippen LogP contribution in [0.4, 0.5) is 0 Å². The molecule has 1 aromatic heterocycles. The lowest BCUT2D eigenvalue weighted by atomic mass is 10.0. The fraction of sp³-hybridized carbons (Fsp3) is 0.250. The van der Waals surface area contributed by atoms with Gasteiger partial charge in [-0.05, 0) is 36.6 Å².